The van der Waals surface area contributed by atoms with Crippen molar-refractivity contribution >= 4 is 5.97 Å². The molecule has 1 N–H and O–H groups in total. The quantitative estimate of drug-likeness (QED) is 0.736. The van der Waals surface area contributed by atoms with Gasteiger partial charge in [0.25, 0.3) is 0 Å². The van der Waals surface area contributed by atoms with Gasteiger partial charge in [0, 0.05) is 5.41 Å². The fourth-order valence-corrected chi connectivity index (χ4v) is 13.7. The molecule has 9 saturated carbocycles. The van der Waals surface area contributed by atoms with Crippen LogP contribution in [0.4, 0.5) is 0 Å². The van der Waals surface area contributed by atoms with Gasteiger partial charge >= 0.3 is 5.97 Å². The molecule has 0 aliphatic heterocycles. The molecule has 0 amide bonds. The summed E-state index contributed by atoms with van der Waals surface area (Å²) in [6.45, 7) is 0.580. The molecular weight excluding hydrogens is 400 g/mol. The van der Waals surface area contributed by atoms with E-state index >= 15 is 0 Å². The standard InChI is InChI=1S/C28H32O4/c1-31-25(29)27-22-15-9-5-8-14(15)21-19(22)20-23(27)16-10-11-17-18(16)24(20)26(21,28(17,27)30)12-32-13-6-3-2-4-7-13/h2-4,6-7,14-24,30H,5,8-12H2,1H3/t14-,15+,16+,17+,18+,19+,20+,21-,22-,23+,24+,26-,27-,28-/m0/s1. The number of hydrogen-bond acceptors (Lipinski definition) is 4. The maximum Gasteiger partial charge on any atom is 0.315 e. The monoisotopic (exact) mass is 432 g/mol. The second-order valence-electron chi connectivity index (χ2n) is 12.7. The first kappa shape index (κ1) is 17.9. The Morgan fingerprint density at radius 3 is 2.44 bits per heavy atom. The number of carbonyl (C=O) groups excluding carboxylic acids is 1. The molecule has 0 heterocycles. The Labute approximate surface area is 189 Å². The van der Waals surface area contributed by atoms with Crippen LogP contribution in [0.15, 0.2) is 30.3 Å². The smallest absolute Gasteiger partial charge is 0.315 e. The van der Waals surface area contributed by atoms with Crippen LogP contribution in [-0.4, -0.2) is 30.4 Å². The van der Waals surface area contributed by atoms with Gasteiger partial charge in [0.05, 0.1) is 19.3 Å². The van der Waals surface area contributed by atoms with Gasteiger partial charge in [-0.3, -0.25) is 4.79 Å². The fraction of sp³-hybridized carbons (Fsp3) is 0.750. The number of esters is 1. The molecule has 0 radical (unpaired) electrons. The first-order valence-electron chi connectivity index (χ1n) is 13.1. The van der Waals surface area contributed by atoms with Gasteiger partial charge < -0.3 is 14.6 Å². The summed E-state index contributed by atoms with van der Waals surface area (Å²) < 4.78 is 12.3. The predicted molar refractivity (Wildman–Crippen MR) is 115 cm³/mol. The summed E-state index contributed by atoms with van der Waals surface area (Å²) in [5, 5.41) is 13.2. The minimum atomic E-state index is -0.946. The van der Waals surface area contributed by atoms with Gasteiger partial charge in [-0.25, -0.2) is 0 Å². The number of para-hydroxylation sites is 1. The van der Waals surface area contributed by atoms with Crippen LogP contribution in [0.25, 0.3) is 0 Å². The van der Waals surface area contributed by atoms with Gasteiger partial charge in [-0.2, -0.15) is 0 Å². The normalized spacial score (nSPS) is 62.4. The van der Waals surface area contributed by atoms with Gasteiger partial charge in [-0.05, 0) is 103 Å². The maximum atomic E-state index is 14.0. The molecule has 4 heteroatoms. The van der Waals surface area contributed by atoms with E-state index in [0.29, 0.717) is 65.8 Å². The molecule has 9 fully saturated rings. The molecule has 0 aromatic heterocycles. The lowest BCUT2D eigenvalue weighted by atomic mass is 9.42. The van der Waals surface area contributed by atoms with Crippen LogP contribution >= 0.6 is 0 Å². The Morgan fingerprint density at radius 1 is 0.938 bits per heavy atom. The molecule has 9 bridgehead atoms. The van der Waals surface area contributed by atoms with Crippen LogP contribution in [-0.2, 0) is 9.53 Å². The van der Waals surface area contributed by atoms with Crippen molar-refractivity contribution in [1.82, 2.24) is 0 Å². The number of hydrogen-bond donors (Lipinski definition) is 1. The van der Waals surface area contributed by atoms with Crippen LogP contribution in [0.5, 0.6) is 5.75 Å². The van der Waals surface area contributed by atoms with Crippen LogP contribution in [0, 0.1) is 75.9 Å². The van der Waals surface area contributed by atoms with Gasteiger partial charge in [0.1, 0.15) is 11.2 Å². The first-order chi connectivity index (χ1) is 15.6. The molecule has 10 rings (SSSR count). The van der Waals surface area contributed by atoms with Gasteiger partial charge in [-0.15, -0.1) is 0 Å². The summed E-state index contributed by atoms with van der Waals surface area (Å²) in [7, 11) is 1.57. The summed E-state index contributed by atoms with van der Waals surface area (Å²) in [5.74, 6) is 6.66. The number of benzene rings is 1. The van der Waals surface area contributed by atoms with E-state index in [9.17, 15) is 9.90 Å². The highest BCUT2D eigenvalue weighted by Crippen LogP contribution is 2.98. The average molecular weight is 433 g/mol. The molecule has 1 aromatic carbocycles. The summed E-state index contributed by atoms with van der Waals surface area (Å²) in [6, 6.07) is 10.2. The molecule has 9 aliphatic carbocycles. The lowest BCUT2D eigenvalue weighted by molar-refractivity contribution is -0.271. The van der Waals surface area contributed by atoms with Crippen molar-refractivity contribution in [3.8, 4) is 5.75 Å². The zero-order valence-corrected chi connectivity index (χ0v) is 18.7. The van der Waals surface area contributed by atoms with E-state index in [1.807, 2.05) is 30.3 Å². The third-order valence-corrected chi connectivity index (χ3v) is 13.2. The highest BCUT2D eigenvalue weighted by Gasteiger charge is 3.02. The van der Waals surface area contributed by atoms with Gasteiger partial charge in [-0.1, -0.05) is 24.6 Å². The highest BCUT2D eigenvalue weighted by molar-refractivity contribution is 5.83. The molecule has 4 nitrogen and oxygen atoms in total. The van der Waals surface area contributed by atoms with E-state index in [2.05, 4.69) is 0 Å². The van der Waals surface area contributed by atoms with E-state index in [0.717, 1.165) is 12.2 Å². The Hall–Kier alpha value is -1.55. The lowest BCUT2D eigenvalue weighted by Gasteiger charge is -2.63. The van der Waals surface area contributed by atoms with E-state index in [-0.39, 0.29) is 17.3 Å². The molecule has 9 aliphatic rings. The molecule has 0 unspecified atom stereocenters. The molecule has 32 heavy (non-hydrogen) atoms. The Morgan fingerprint density at radius 2 is 1.66 bits per heavy atom. The van der Waals surface area contributed by atoms with Crippen LogP contribution in [0.2, 0.25) is 0 Å². The number of carbonyl (C=O) groups is 1. The summed E-state index contributed by atoms with van der Waals surface area (Å²) in [4.78, 5) is 14.0. The van der Waals surface area contributed by atoms with Crippen molar-refractivity contribution in [3.63, 3.8) is 0 Å². The van der Waals surface area contributed by atoms with Crippen molar-refractivity contribution in [2.75, 3.05) is 13.7 Å². The number of ether oxygens (including phenoxy) is 2. The number of fused-ring (bicyclic) bond motifs is 1. The summed E-state index contributed by atoms with van der Waals surface area (Å²) in [6.07, 6.45) is 6.12. The van der Waals surface area contributed by atoms with Gasteiger partial charge in [0.2, 0.25) is 0 Å². The van der Waals surface area contributed by atoms with E-state index in [4.69, 9.17) is 9.47 Å². The van der Waals surface area contributed by atoms with E-state index in [1.54, 1.807) is 7.11 Å². The zero-order valence-electron chi connectivity index (χ0n) is 18.7. The molecule has 0 spiro atoms. The van der Waals surface area contributed by atoms with Crippen molar-refractivity contribution < 1.29 is 19.4 Å². The zero-order chi connectivity index (χ0) is 21.2. The molecule has 0 saturated heterocycles. The molecule has 1 aromatic rings. The lowest BCUT2D eigenvalue weighted by Crippen LogP contribution is -2.74. The first-order valence-corrected chi connectivity index (χ1v) is 13.1. The molecule has 14 atom stereocenters. The van der Waals surface area contributed by atoms with Crippen LogP contribution in [0.3, 0.4) is 0 Å². The van der Waals surface area contributed by atoms with Crippen molar-refractivity contribution in [2.45, 2.75) is 37.7 Å². The predicted octanol–water partition coefficient (Wildman–Crippen LogP) is 3.78. The van der Waals surface area contributed by atoms with Crippen molar-refractivity contribution in [2.24, 2.45) is 75.9 Å². The third kappa shape index (κ3) is 1.32. The highest BCUT2D eigenvalue weighted by atomic mass is 16.5. The Kier molecular flexibility index (Phi) is 2.84. The maximum absolute atomic E-state index is 14.0. The number of aliphatic hydroxyl groups is 1. The minimum absolute atomic E-state index is 0.0618. The topological polar surface area (TPSA) is 55.8 Å². The second-order valence-corrected chi connectivity index (χ2v) is 12.7. The summed E-state index contributed by atoms with van der Waals surface area (Å²) in [5.41, 5.74) is -1.89. The van der Waals surface area contributed by atoms with Crippen LogP contribution < -0.4 is 4.74 Å². The third-order valence-electron chi connectivity index (χ3n) is 13.2. The number of rotatable bonds is 4. The molecule has 168 valence electrons. The second kappa shape index (κ2) is 5.09. The average Bonchev–Trinajstić information content (AvgIpc) is 3.59. The van der Waals surface area contributed by atoms with E-state index < -0.39 is 11.0 Å². The Balaban J connectivity index is 1.32. The molecular formula is C28H32O4. The Bertz CT molecular complexity index is 1050. The fourth-order valence-electron chi connectivity index (χ4n) is 13.7. The number of methoxy groups -OCH3 is 1. The van der Waals surface area contributed by atoms with Crippen molar-refractivity contribution in [1.29, 1.82) is 0 Å². The summed E-state index contributed by atoms with van der Waals surface area (Å²) >= 11 is 0. The minimum Gasteiger partial charge on any atom is -0.493 e. The van der Waals surface area contributed by atoms with E-state index in [1.165, 1.54) is 25.7 Å². The largest absolute Gasteiger partial charge is 0.493 e. The van der Waals surface area contributed by atoms with Crippen molar-refractivity contribution in [3.05, 3.63) is 30.3 Å². The SMILES string of the molecule is COC(=O)[C@@]12[C@@H]3[C@@H]4CC[C@@H]5[C@@H]4[C@@H]4[C@@H]3[C@@H]3[C@H]([C@H]6CCC[C@H]6[C@@H]31)[C@]4(COc1ccccc1)[C@@]52O. The van der Waals surface area contributed by atoms with Gasteiger partial charge in [0.15, 0.2) is 0 Å². The van der Waals surface area contributed by atoms with Crippen LogP contribution in [0.1, 0.15) is 32.1 Å².